The molecule has 0 radical (unpaired) electrons. The number of ether oxygens (including phenoxy) is 8. The van der Waals surface area contributed by atoms with Crippen LogP contribution in [0.25, 0.3) is 0 Å². The van der Waals surface area contributed by atoms with Gasteiger partial charge >= 0.3 is 5.97 Å². The zero-order valence-electron chi connectivity index (χ0n) is 26.7. The summed E-state index contributed by atoms with van der Waals surface area (Å²) in [6.07, 6.45) is -31.6. The summed E-state index contributed by atoms with van der Waals surface area (Å²) in [5.74, 6) is -1.71. The van der Waals surface area contributed by atoms with E-state index in [1.54, 1.807) is 0 Å². The van der Waals surface area contributed by atoms with Gasteiger partial charge in [0.2, 0.25) is 0 Å². The molecule has 292 valence electrons. The summed E-state index contributed by atoms with van der Waals surface area (Å²) in [5.41, 5.74) is 5.45. The van der Waals surface area contributed by atoms with Crippen molar-refractivity contribution in [1.29, 1.82) is 0 Å². The summed E-state index contributed by atoms with van der Waals surface area (Å²) in [6, 6.07) is 0. The number of hydrogen-bond acceptors (Lipinski definition) is 21. The number of aliphatic hydroxyl groups is 11. The molecule has 0 spiro atoms. The van der Waals surface area contributed by atoms with Gasteiger partial charge in [-0.1, -0.05) is 0 Å². The van der Waals surface area contributed by atoms with E-state index in [-0.39, 0.29) is 13.2 Å². The highest BCUT2D eigenvalue weighted by Gasteiger charge is 2.55. The lowest BCUT2D eigenvalue weighted by atomic mass is 9.96. The molecule has 50 heavy (non-hydrogen) atoms. The molecule has 4 heterocycles. The van der Waals surface area contributed by atoms with Crippen LogP contribution < -0.4 is 5.73 Å². The molecule has 0 aliphatic carbocycles. The van der Waals surface area contributed by atoms with E-state index in [1.807, 2.05) is 0 Å². The van der Waals surface area contributed by atoms with Gasteiger partial charge in [0.15, 0.2) is 31.3 Å². The van der Waals surface area contributed by atoms with Gasteiger partial charge in [0.1, 0.15) is 85.5 Å². The molecule has 14 N–H and O–H groups in total. The van der Waals surface area contributed by atoms with Gasteiger partial charge in [0.25, 0.3) is 0 Å². The number of carboxylic acid groups (broad SMARTS) is 1. The Bertz CT molecular complexity index is 1040. The van der Waals surface area contributed by atoms with Crippen molar-refractivity contribution in [1.82, 2.24) is 0 Å². The van der Waals surface area contributed by atoms with Gasteiger partial charge < -0.3 is 105 Å². The fourth-order valence-electron chi connectivity index (χ4n) is 5.97. The molecule has 0 aromatic carbocycles. The molecule has 22 nitrogen and oxygen atoms in total. The second-order valence-electron chi connectivity index (χ2n) is 12.4. The van der Waals surface area contributed by atoms with Gasteiger partial charge in [-0.15, -0.1) is 0 Å². The molecule has 19 atom stereocenters. The van der Waals surface area contributed by atoms with Crippen LogP contribution in [0.5, 0.6) is 0 Å². The fourth-order valence-corrected chi connectivity index (χ4v) is 5.97. The zero-order valence-corrected chi connectivity index (χ0v) is 26.7. The summed E-state index contributed by atoms with van der Waals surface area (Å²) in [4.78, 5) is 11.4. The summed E-state index contributed by atoms with van der Waals surface area (Å²) in [6.45, 7) is -1.36. The topological polar surface area (TPSA) is 360 Å². The Hall–Kier alpha value is -1.33. The van der Waals surface area contributed by atoms with Crippen molar-refractivity contribution in [3.63, 3.8) is 0 Å². The lowest BCUT2D eigenvalue weighted by Gasteiger charge is -2.48. The highest BCUT2D eigenvalue weighted by molar-refractivity contribution is 5.73. The minimum absolute atomic E-state index is 0.236. The first-order valence-corrected chi connectivity index (χ1v) is 16.2. The third-order valence-corrected chi connectivity index (χ3v) is 8.91. The highest BCUT2D eigenvalue weighted by atomic mass is 16.8. The minimum atomic E-state index is -2.06. The Morgan fingerprint density at radius 3 is 1.62 bits per heavy atom. The molecule has 4 saturated heterocycles. The van der Waals surface area contributed by atoms with Gasteiger partial charge in [-0.05, 0) is 25.8 Å². The molecule has 4 aliphatic rings. The van der Waals surface area contributed by atoms with E-state index in [0.29, 0.717) is 13.0 Å². The van der Waals surface area contributed by atoms with Gasteiger partial charge in [0, 0.05) is 6.61 Å². The van der Waals surface area contributed by atoms with Gasteiger partial charge in [-0.25, -0.2) is 4.79 Å². The Kier molecular flexibility index (Phi) is 15.4. The number of carboxylic acids is 1. The lowest BCUT2D eigenvalue weighted by molar-refractivity contribution is -0.383. The average Bonchev–Trinajstić information content (AvgIpc) is 3.09. The SMILES string of the molecule is NCCCCCO[C@@H]1OC[C@@H](O[C@@H]2O[C@H](CO)[C@H](O[C@@H]3O[C@H](CO)[C@H](O[C@@H]4O[C@H](C(=O)O)[C@@H](O)[C@H](O)[C@H]4O)[C@H](O)[C@H]3O)[C@H](O)[C@H]2O)[C@H](O)[C@H]1O. The van der Waals surface area contributed by atoms with Crippen LogP contribution >= 0.6 is 0 Å². The largest absolute Gasteiger partial charge is 0.479 e. The maximum atomic E-state index is 11.4. The predicted octanol–water partition coefficient (Wildman–Crippen LogP) is -7.86. The molecule has 0 aromatic rings. The van der Waals surface area contributed by atoms with Crippen molar-refractivity contribution < 1.29 is 104 Å². The van der Waals surface area contributed by atoms with Gasteiger partial charge in [-0.3, -0.25) is 0 Å². The molecule has 22 heteroatoms. The molecular formula is C28H49NO21. The average molecular weight is 736 g/mol. The third-order valence-electron chi connectivity index (χ3n) is 8.91. The van der Waals surface area contributed by atoms with Crippen molar-refractivity contribution >= 4 is 5.97 Å². The lowest BCUT2D eigenvalue weighted by Crippen LogP contribution is -2.67. The van der Waals surface area contributed by atoms with Crippen LogP contribution in [0.3, 0.4) is 0 Å². The summed E-state index contributed by atoms with van der Waals surface area (Å²) < 4.78 is 43.7. The zero-order chi connectivity index (χ0) is 36.9. The quantitative estimate of drug-likeness (QED) is 0.0694. The molecule has 4 rings (SSSR count). The summed E-state index contributed by atoms with van der Waals surface area (Å²) in [7, 11) is 0. The number of unbranched alkanes of at least 4 members (excludes halogenated alkanes) is 2. The molecule has 0 unspecified atom stereocenters. The molecule has 0 amide bonds. The van der Waals surface area contributed by atoms with Crippen LogP contribution in [0, 0.1) is 0 Å². The van der Waals surface area contributed by atoms with E-state index in [1.165, 1.54) is 0 Å². The van der Waals surface area contributed by atoms with E-state index in [0.717, 1.165) is 12.8 Å². The maximum Gasteiger partial charge on any atom is 0.335 e. The van der Waals surface area contributed by atoms with E-state index >= 15 is 0 Å². The normalized spacial score (nSPS) is 47.2. The Morgan fingerprint density at radius 1 is 0.600 bits per heavy atom. The van der Waals surface area contributed by atoms with Crippen LogP contribution in [0.2, 0.25) is 0 Å². The monoisotopic (exact) mass is 735 g/mol. The van der Waals surface area contributed by atoms with Crippen molar-refractivity contribution in [3.05, 3.63) is 0 Å². The second-order valence-corrected chi connectivity index (χ2v) is 12.4. The Balaban J connectivity index is 1.36. The van der Waals surface area contributed by atoms with Crippen LogP contribution in [-0.4, -0.2) is 217 Å². The van der Waals surface area contributed by atoms with Crippen molar-refractivity contribution in [2.45, 2.75) is 136 Å². The van der Waals surface area contributed by atoms with Crippen molar-refractivity contribution in [3.8, 4) is 0 Å². The third kappa shape index (κ3) is 9.23. The summed E-state index contributed by atoms with van der Waals surface area (Å²) in [5, 5.41) is 124. The molecule has 0 aromatic heterocycles. The Morgan fingerprint density at radius 2 is 1.10 bits per heavy atom. The molecule has 0 bridgehead atoms. The molecule has 4 aliphatic heterocycles. The standard InChI is InChI=1S/C28H49NO21/c29-4-2-1-3-5-43-25-17(37)12(32)11(8-44-25)47-26-19(39)15(35)21(9(6-30)45-26)48-27-20(40)16(36)22(10(7-31)46-27)49-28-18(38)13(33)14(34)23(50-28)24(41)42/h9-23,25-28,30-40H,1-8,29H2,(H,41,42)/t9-,10-,11-,12+,13+,14+,15-,16-,17-,18-,19-,20-,21+,22+,23+,25-,26+,27+,28-/m1/s1. The van der Waals surface area contributed by atoms with Crippen molar-refractivity contribution in [2.75, 3.05) is 33.0 Å². The number of rotatable bonds is 15. The van der Waals surface area contributed by atoms with E-state index in [2.05, 4.69) is 0 Å². The van der Waals surface area contributed by atoms with E-state index < -0.39 is 136 Å². The first-order valence-electron chi connectivity index (χ1n) is 16.2. The van der Waals surface area contributed by atoms with Crippen LogP contribution in [0.4, 0.5) is 0 Å². The number of carbonyl (C=O) groups is 1. The molecule has 0 saturated carbocycles. The number of hydrogen-bond donors (Lipinski definition) is 13. The van der Waals surface area contributed by atoms with Gasteiger partial charge in [-0.2, -0.15) is 0 Å². The number of nitrogens with two attached hydrogens (primary N) is 1. The molecule has 4 fully saturated rings. The van der Waals surface area contributed by atoms with Gasteiger partial charge in [0.05, 0.1) is 19.8 Å². The maximum absolute atomic E-state index is 11.4. The smallest absolute Gasteiger partial charge is 0.335 e. The fraction of sp³-hybridized carbons (Fsp3) is 0.964. The van der Waals surface area contributed by atoms with E-state index in [4.69, 9.17) is 43.6 Å². The Labute approximate surface area is 285 Å². The minimum Gasteiger partial charge on any atom is -0.479 e. The highest BCUT2D eigenvalue weighted by Crippen LogP contribution is 2.33. The van der Waals surface area contributed by atoms with Crippen molar-refractivity contribution in [2.24, 2.45) is 5.73 Å². The van der Waals surface area contributed by atoms with Crippen LogP contribution in [0.15, 0.2) is 0 Å². The number of aliphatic hydroxyl groups excluding tert-OH is 11. The van der Waals surface area contributed by atoms with Crippen LogP contribution in [-0.2, 0) is 42.7 Å². The predicted molar refractivity (Wildman–Crippen MR) is 155 cm³/mol. The summed E-state index contributed by atoms with van der Waals surface area (Å²) >= 11 is 0. The number of aliphatic carboxylic acids is 1. The first kappa shape index (κ1) is 41.4. The second kappa shape index (κ2) is 18.6. The molecular weight excluding hydrogens is 686 g/mol. The van der Waals surface area contributed by atoms with Crippen LogP contribution in [0.1, 0.15) is 19.3 Å². The first-order chi connectivity index (χ1) is 23.7. The van der Waals surface area contributed by atoms with E-state index in [9.17, 15) is 66.1 Å².